The lowest BCUT2D eigenvalue weighted by atomic mass is 10.1. The Bertz CT molecular complexity index is 624. The fraction of sp³-hybridized carbons (Fsp3) is 0.615. The highest BCUT2D eigenvalue weighted by Gasteiger charge is 2.26. The summed E-state index contributed by atoms with van der Waals surface area (Å²) in [5.41, 5.74) is 0. The van der Waals surface area contributed by atoms with Gasteiger partial charge in [0.1, 0.15) is 4.88 Å². The average molecular weight is 332 g/mol. The molecular weight excluding hydrogens is 312 g/mol. The molecule has 1 unspecified atom stereocenters. The molecule has 0 aromatic carbocycles. The Morgan fingerprint density at radius 3 is 2.81 bits per heavy atom. The van der Waals surface area contributed by atoms with Gasteiger partial charge in [0, 0.05) is 18.0 Å². The highest BCUT2D eigenvalue weighted by atomic mass is 32.2. The number of likely N-dealkylation sites (tertiary alicyclic amines) is 1. The molecule has 1 aliphatic heterocycles. The van der Waals surface area contributed by atoms with E-state index in [4.69, 9.17) is 5.11 Å². The Balaban J connectivity index is 2.04. The summed E-state index contributed by atoms with van der Waals surface area (Å²) >= 11 is 0.985. The van der Waals surface area contributed by atoms with E-state index in [1.807, 2.05) is 0 Å². The topological polar surface area (TPSA) is 86.7 Å². The van der Waals surface area contributed by atoms with Crippen molar-refractivity contribution in [2.45, 2.75) is 25.2 Å². The van der Waals surface area contributed by atoms with Crippen LogP contribution in [0.3, 0.4) is 0 Å². The predicted molar refractivity (Wildman–Crippen MR) is 81.4 cm³/mol. The molecule has 1 saturated heterocycles. The van der Waals surface area contributed by atoms with E-state index in [9.17, 15) is 13.2 Å². The van der Waals surface area contributed by atoms with Gasteiger partial charge in [-0.3, -0.25) is 0 Å². The van der Waals surface area contributed by atoms with E-state index in [1.165, 1.54) is 6.07 Å². The first-order valence-electron chi connectivity index (χ1n) is 6.89. The Morgan fingerprint density at radius 1 is 1.57 bits per heavy atom. The molecule has 2 N–H and O–H groups in total. The summed E-state index contributed by atoms with van der Waals surface area (Å²) in [5.74, 6) is -0.781. The first-order chi connectivity index (χ1) is 9.83. The zero-order chi connectivity index (χ0) is 15.6. The van der Waals surface area contributed by atoms with Crippen molar-refractivity contribution in [1.82, 2.24) is 9.62 Å². The highest BCUT2D eigenvalue weighted by Crippen LogP contribution is 2.26. The maximum Gasteiger partial charge on any atom is 0.345 e. The number of hydrogen-bond acceptors (Lipinski definition) is 5. The quantitative estimate of drug-likeness (QED) is 0.822. The summed E-state index contributed by atoms with van der Waals surface area (Å²) in [5, 5.41) is 8.94. The molecule has 1 atom stereocenters. The van der Waals surface area contributed by atoms with Gasteiger partial charge in [0.25, 0.3) is 0 Å². The van der Waals surface area contributed by atoms with E-state index in [1.54, 1.807) is 6.92 Å². The van der Waals surface area contributed by atoms with Crippen LogP contribution in [0.2, 0.25) is 0 Å². The second-order valence-electron chi connectivity index (χ2n) is 5.24. The van der Waals surface area contributed by atoms with Crippen LogP contribution in [0.25, 0.3) is 0 Å². The minimum absolute atomic E-state index is 0.0471. The molecule has 2 heterocycles. The molecule has 1 aromatic heterocycles. The molecule has 0 bridgehead atoms. The maximum atomic E-state index is 12.3. The van der Waals surface area contributed by atoms with Crippen LogP contribution in [0.15, 0.2) is 11.0 Å². The summed E-state index contributed by atoms with van der Waals surface area (Å²) < 4.78 is 27.2. The molecule has 21 heavy (non-hydrogen) atoms. The van der Waals surface area contributed by atoms with Crippen molar-refractivity contribution in [2.75, 3.05) is 26.2 Å². The average Bonchev–Trinajstić information content (AvgIpc) is 3.03. The number of sulfonamides is 1. The number of nitrogens with zero attached hydrogens (tertiary/aromatic N) is 1. The standard InChI is InChI=1S/C13H20N2O4S2/c1-3-15-5-4-10(8-15)7-14-21(18,19)12-6-11(13(16)17)20-9(12)2/h6,10,14H,3-5,7-8H2,1-2H3,(H,16,17). The van der Waals surface area contributed by atoms with Gasteiger partial charge in [0.15, 0.2) is 0 Å². The molecule has 0 saturated carbocycles. The lowest BCUT2D eigenvalue weighted by molar-refractivity contribution is 0.0702. The number of thiophene rings is 1. The molecule has 0 aliphatic carbocycles. The highest BCUT2D eigenvalue weighted by molar-refractivity contribution is 7.89. The number of carboxylic acid groups (broad SMARTS) is 1. The largest absolute Gasteiger partial charge is 0.477 e. The van der Waals surface area contributed by atoms with Crippen molar-refractivity contribution < 1.29 is 18.3 Å². The van der Waals surface area contributed by atoms with Crippen LogP contribution in [-0.4, -0.2) is 50.6 Å². The second kappa shape index (κ2) is 6.43. The van der Waals surface area contributed by atoms with Gasteiger partial charge in [0.05, 0.1) is 4.90 Å². The van der Waals surface area contributed by atoms with E-state index < -0.39 is 16.0 Å². The van der Waals surface area contributed by atoms with Crippen LogP contribution in [0.1, 0.15) is 27.9 Å². The molecule has 2 rings (SSSR count). The lowest BCUT2D eigenvalue weighted by Gasteiger charge is -2.13. The molecule has 0 radical (unpaired) electrons. The van der Waals surface area contributed by atoms with Crippen LogP contribution >= 0.6 is 11.3 Å². The van der Waals surface area contributed by atoms with Crippen molar-refractivity contribution >= 4 is 27.3 Å². The van der Waals surface area contributed by atoms with Crippen molar-refractivity contribution in [1.29, 1.82) is 0 Å². The van der Waals surface area contributed by atoms with Crippen molar-refractivity contribution in [3.05, 3.63) is 15.8 Å². The van der Waals surface area contributed by atoms with E-state index >= 15 is 0 Å². The molecule has 8 heteroatoms. The zero-order valence-electron chi connectivity index (χ0n) is 12.1. The molecule has 6 nitrogen and oxygen atoms in total. The third-order valence-electron chi connectivity index (χ3n) is 3.75. The van der Waals surface area contributed by atoms with E-state index in [0.29, 0.717) is 17.3 Å². The van der Waals surface area contributed by atoms with E-state index in [0.717, 1.165) is 37.4 Å². The first kappa shape index (κ1) is 16.4. The van der Waals surface area contributed by atoms with Crippen LogP contribution in [0, 0.1) is 12.8 Å². The van der Waals surface area contributed by atoms with Gasteiger partial charge in [0.2, 0.25) is 10.0 Å². The number of aryl methyl sites for hydroxylation is 1. The number of aromatic carboxylic acids is 1. The van der Waals surface area contributed by atoms with Crippen LogP contribution < -0.4 is 4.72 Å². The summed E-state index contributed by atoms with van der Waals surface area (Å²) in [4.78, 5) is 13.8. The summed E-state index contributed by atoms with van der Waals surface area (Å²) in [6.07, 6.45) is 0.985. The zero-order valence-corrected chi connectivity index (χ0v) is 13.8. The third kappa shape index (κ3) is 3.82. The van der Waals surface area contributed by atoms with Crippen molar-refractivity contribution in [3.8, 4) is 0 Å². The van der Waals surface area contributed by atoms with Crippen molar-refractivity contribution in [2.24, 2.45) is 5.92 Å². The van der Waals surface area contributed by atoms with Gasteiger partial charge < -0.3 is 10.0 Å². The Labute approximate surface area is 128 Å². The smallest absolute Gasteiger partial charge is 0.345 e. The number of carboxylic acids is 1. The Kier molecular flexibility index (Phi) is 5.03. The summed E-state index contributed by atoms with van der Waals surface area (Å²) in [6.45, 7) is 7.01. The number of hydrogen-bond donors (Lipinski definition) is 2. The van der Waals surface area contributed by atoms with E-state index in [-0.39, 0.29) is 9.77 Å². The minimum Gasteiger partial charge on any atom is -0.477 e. The number of carbonyl (C=O) groups is 1. The van der Waals surface area contributed by atoms with Gasteiger partial charge in [-0.1, -0.05) is 6.92 Å². The normalized spacial score (nSPS) is 20.0. The second-order valence-corrected chi connectivity index (χ2v) is 8.23. The molecule has 0 amide bonds. The van der Waals surface area contributed by atoms with Gasteiger partial charge in [-0.2, -0.15) is 0 Å². The van der Waals surface area contributed by atoms with Gasteiger partial charge in [-0.25, -0.2) is 17.9 Å². The molecule has 118 valence electrons. The molecule has 1 fully saturated rings. The lowest BCUT2D eigenvalue weighted by Crippen LogP contribution is -2.31. The molecule has 0 spiro atoms. The van der Waals surface area contributed by atoms with Gasteiger partial charge in [-0.05, 0) is 38.4 Å². The molecular formula is C13H20N2O4S2. The monoisotopic (exact) mass is 332 g/mol. The summed E-state index contributed by atoms with van der Waals surface area (Å²) in [7, 11) is -3.64. The number of nitrogens with one attached hydrogen (secondary N) is 1. The van der Waals surface area contributed by atoms with Crippen LogP contribution in [0.5, 0.6) is 0 Å². The molecule has 1 aliphatic rings. The maximum absolute atomic E-state index is 12.3. The van der Waals surface area contributed by atoms with Gasteiger partial charge in [-0.15, -0.1) is 11.3 Å². The SMILES string of the molecule is CCN1CCC(CNS(=O)(=O)c2cc(C(=O)O)sc2C)C1. The number of rotatable bonds is 6. The predicted octanol–water partition coefficient (Wildman–Crippen LogP) is 1.37. The Hall–Kier alpha value is -0.960. The fourth-order valence-corrected chi connectivity index (χ4v) is 5.05. The van der Waals surface area contributed by atoms with Gasteiger partial charge >= 0.3 is 5.97 Å². The third-order valence-corrected chi connectivity index (χ3v) is 6.47. The van der Waals surface area contributed by atoms with Crippen LogP contribution in [-0.2, 0) is 10.0 Å². The van der Waals surface area contributed by atoms with E-state index in [2.05, 4.69) is 16.5 Å². The summed E-state index contributed by atoms with van der Waals surface area (Å²) in [6, 6.07) is 1.23. The Morgan fingerprint density at radius 2 is 2.29 bits per heavy atom. The first-order valence-corrected chi connectivity index (χ1v) is 9.19. The molecule has 1 aromatic rings. The fourth-order valence-electron chi connectivity index (χ4n) is 2.51. The van der Waals surface area contributed by atoms with Crippen molar-refractivity contribution in [3.63, 3.8) is 0 Å². The minimum atomic E-state index is -3.64. The van der Waals surface area contributed by atoms with Crippen LogP contribution in [0.4, 0.5) is 0 Å².